The van der Waals surface area contributed by atoms with Gasteiger partial charge < -0.3 is 20.1 Å². The fraction of sp³-hybridized carbons (Fsp3) is 0.833. The second-order valence-corrected chi connectivity index (χ2v) is 5.45. The van der Waals surface area contributed by atoms with Gasteiger partial charge in [-0.1, -0.05) is 13.3 Å². The van der Waals surface area contributed by atoms with E-state index in [4.69, 9.17) is 9.84 Å². The molecule has 0 radical (unpaired) electrons. The first-order valence-corrected chi connectivity index (χ1v) is 6.37. The first-order chi connectivity index (χ1) is 8.52. The lowest BCUT2D eigenvalue weighted by Crippen LogP contribution is -2.56. The highest BCUT2D eigenvalue weighted by Gasteiger charge is 2.35. The zero-order valence-corrected chi connectivity index (χ0v) is 10.6. The van der Waals surface area contributed by atoms with Crippen LogP contribution in [0.2, 0.25) is 0 Å². The van der Waals surface area contributed by atoms with Gasteiger partial charge in [0.15, 0.2) is 6.04 Å². The molecule has 0 bridgehead atoms. The van der Waals surface area contributed by atoms with Gasteiger partial charge in [0.05, 0.1) is 13.2 Å². The summed E-state index contributed by atoms with van der Waals surface area (Å²) in [4.78, 5) is 24.4. The lowest BCUT2D eigenvalue weighted by atomic mass is 9.70. The number of amides is 2. The molecule has 1 saturated heterocycles. The number of hydrogen-bond acceptors (Lipinski definition) is 3. The molecular formula is C12H20N2O4. The van der Waals surface area contributed by atoms with Gasteiger partial charge in [-0.05, 0) is 18.3 Å². The van der Waals surface area contributed by atoms with E-state index in [2.05, 4.69) is 12.2 Å². The second kappa shape index (κ2) is 5.14. The van der Waals surface area contributed by atoms with Crippen molar-refractivity contribution in [2.45, 2.75) is 32.2 Å². The molecule has 0 aromatic rings. The van der Waals surface area contributed by atoms with Gasteiger partial charge in [0, 0.05) is 13.1 Å². The van der Waals surface area contributed by atoms with Crippen LogP contribution in [0.4, 0.5) is 4.79 Å². The standard InChI is InChI=1S/C12H20N2O4/c1-12(3-2-4-12)8-13-11(17)14-5-6-18-7-9(14)10(15)16/h9H,2-8H2,1H3,(H,13,17)(H,15,16). The summed E-state index contributed by atoms with van der Waals surface area (Å²) in [5.74, 6) is -1.01. The molecule has 1 aliphatic carbocycles. The number of carbonyl (C=O) groups is 2. The van der Waals surface area contributed by atoms with Gasteiger partial charge in [-0.2, -0.15) is 0 Å². The van der Waals surface area contributed by atoms with E-state index in [1.54, 1.807) is 0 Å². The molecule has 6 nitrogen and oxygen atoms in total. The van der Waals surface area contributed by atoms with Crippen LogP contribution in [0.5, 0.6) is 0 Å². The number of rotatable bonds is 3. The summed E-state index contributed by atoms with van der Waals surface area (Å²) in [7, 11) is 0. The third-order valence-electron chi connectivity index (χ3n) is 3.90. The van der Waals surface area contributed by atoms with E-state index in [-0.39, 0.29) is 18.1 Å². The molecule has 0 aromatic carbocycles. The minimum absolute atomic E-state index is 0.0695. The zero-order valence-electron chi connectivity index (χ0n) is 10.6. The Hall–Kier alpha value is -1.30. The summed E-state index contributed by atoms with van der Waals surface area (Å²) in [5.41, 5.74) is 0.195. The maximum absolute atomic E-state index is 12.0. The van der Waals surface area contributed by atoms with Crippen LogP contribution in [0.15, 0.2) is 0 Å². The molecule has 0 spiro atoms. The Kier molecular flexibility index (Phi) is 3.75. The van der Waals surface area contributed by atoms with Crippen molar-refractivity contribution in [3.05, 3.63) is 0 Å². The maximum atomic E-state index is 12.0. The van der Waals surface area contributed by atoms with E-state index in [1.165, 1.54) is 11.3 Å². The minimum atomic E-state index is -1.01. The SMILES string of the molecule is CC1(CNC(=O)N2CCOCC2C(=O)O)CCC1. The number of ether oxygens (including phenoxy) is 1. The fourth-order valence-electron chi connectivity index (χ4n) is 2.40. The topological polar surface area (TPSA) is 78.9 Å². The van der Waals surface area contributed by atoms with Crippen LogP contribution in [0.3, 0.4) is 0 Å². The van der Waals surface area contributed by atoms with E-state index in [0.29, 0.717) is 19.7 Å². The molecule has 0 aromatic heterocycles. The molecule has 1 aliphatic heterocycles. The lowest BCUT2D eigenvalue weighted by Gasteiger charge is -2.40. The Labute approximate surface area is 106 Å². The number of aliphatic carboxylic acids is 1. The molecule has 102 valence electrons. The van der Waals surface area contributed by atoms with Gasteiger partial charge in [0.2, 0.25) is 0 Å². The van der Waals surface area contributed by atoms with Crippen molar-refractivity contribution in [3.63, 3.8) is 0 Å². The van der Waals surface area contributed by atoms with Gasteiger partial charge in [0.25, 0.3) is 0 Å². The molecule has 1 heterocycles. The number of nitrogens with one attached hydrogen (secondary N) is 1. The van der Waals surface area contributed by atoms with Crippen molar-refractivity contribution in [2.75, 3.05) is 26.3 Å². The van der Waals surface area contributed by atoms with E-state index < -0.39 is 12.0 Å². The van der Waals surface area contributed by atoms with E-state index in [0.717, 1.165) is 12.8 Å². The highest BCUT2D eigenvalue weighted by Crippen LogP contribution is 2.39. The monoisotopic (exact) mass is 256 g/mol. The second-order valence-electron chi connectivity index (χ2n) is 5.45. The molecular weight excluding hydrogens is 236 g/mol. The van der Waals surface area contributed by atoms with Crippen molar-refractivity contribution in [2.24, 2.45) is 5.41 Å². The zero-order chi connectivity index (χ0) is 13.2. The molecule has 18 heavy (non-hydrogen) atoms. The predicted molar refractivity (Wildman–Crippen MR) is 64.3 cm³/mol. The van der Waals surface area contributed by atoms with E-state index in [9.17, 15) is 9.59 Å². The Morgan fingerprint density at radius 3 is 2.78 bits per heavy atom. The highest BCUT2D eigenvalue weighted by atomic mass is 16.5. The normalized spacial score (nSPS) is 26.3. The summed E-state index contributed by atoms with van der Waals surface area (Å²) < 4.78 is 5.10. The molecule has 2 amide bonds. The van der Waals surface area contributed by atoms with Crippen LogP contribution in [-0.2, 0) is 9.53 Å². The van der Waals surface area contributed by atoms with Crippen LogP contribution >= 0.6 is 0 Å². The molecule has 1 unspecified atom stereocenters. The van der Waals surface area contributed by atoms with Gasteiger partial charge in [-0.15, -0.1) is 0 Å². The number of hydrogen-bond donors (Lipinski definition) is 2. The van der Waals surface area contributed by atoms with Crippen molar-refractivity contribution in [3.8, 4) is 0 Å². The maximum Gasteiger partial charge on any atom is 0.328 e. The van der Waals surface area contributed by atoms with Gasteiger partial charge in [-0.25, -0.2) is 9.59 Å². The molecule has 1 saturated carbocycles. The van der Waals surface area contributed by atoms with Crippen LogP contribution in [-0.4, -0.2) is 54.4 Å². The smallest absolute Gasteiger partial charge is 0.328 e. The Bertz CT molecular complexity index is 341. The van der Waals surface area contributed by atoms with E-state index in [1.807, 2.05) is 0 Å². The summed E-state index contributed by atoms with van der Waals surface area (Å²) in [6.45, 7) is 3.56. The van der Waals surface area contributed by atoms with Gasteiger partial charge in [-0.3, -0.25) is 0 Å². The first-order valence-electron chi connectivity index (χ1n) is 6.37. The number of carboxylic acids is 1. The van der Waals surface area contributed by atoms with Crippen LogP contribution in [0.1, 0.15) is 26.2 Å². The quantitative estimate of drug-likeness (QED) is 0.778. The Morgan fingerprint density at radius 1 is 1.50 bits per heavy atom. The summed E-state index contributed by atoms with van der Waals surface area (Å²) >= 11 is 0. The fourth-order valence-corrected chi connectivity index (χ4v) is 2.40. The van der Waals surface area contributed by atoms with Crippen LogP contribution < -0.4 is 5.32 Å². The van der Waals surface area contributed by atoms with Crippen LogP contribution in [0.25, 0.3) is 0 Å². The van der Waals surface area contributed by atoms with Crippen molar-refractivity contribution < 1.29 is 19.4 Å². The summed E-state index contributed by atoms with van der Waals surface area (Å²) in [6, 6.07) is -1.16. The molecule has 6 heteroatoms. The lowest BCUT2D eigenvalue weighted by molar-refractivity contribution is -0.147. The third-order valence-corrected chi connectivity index (χ3v) is 3.90. The third kappa shape index (κ3) is 2.75. The van der Waals surface area contributed by atoms with Gasteiger partial charge in [0.1, 0.15) is 0 Å². The molecule has 2 aliphatic rings. The van der Waals surface area contributed by atoms with Crippen LogP contribution in [0, 0.1) is 5.41 Å². The van der Waals surface area contributed by atoms with Crippen molar-refractivity contribution in [1.82, 2.24) is 10.2 Å². The number of nitrogens with zero attached hydrogens (tertiary/aromatic N) is 1. The molecule has 2 rings (SSSR count). The number of carboxylic acid groups (broad SMARTS) is 1. The van der Waals surface area contributed by atoms with Crippen molar-refractivity contribution >= 4 is 12.0 Å². The molecule has 2 N–H and O–H groups in total. The molecule has 1 atom stereocenters. The summed E-state index contributed by atoms with van der Waals surface area (Å²) in [5, 5.41) is 11.9. The Morgan fingerprint density at radius 2 is 2.22 bits per heavy atom. The number of urea groups is 1. The minimum Gasteiger partial charge on any atom is -0.480 e. The predicted octanol–water partition coefficient (Wildman–Crippen LogP) is 0.672. The highest BCUT2D eigenvalue weighted by molar-refractivity contribution is 5.83. The van der Waals surface area contributed by atoms with Crippen molar-refractivity contribution in [1.29, 1.82) is 0 Å². The average molecular weight is 256 g/mol. The Balaban J connectivity index is 1.87. The number of carbonyl (C=O) groups excluding carboxylic acids is 1. The van der Waals surface area contributed by atoms with E-state index >= 15 is 0 Å². The largest absolute Gasteiger partial charge is 0.480 e. The number of morpholine rings is 1. The van der Waals surface area contributed by atoms with Gasteiger partial charge >= 0.3 is 12.0 Å². The summed E-state index contributed by atoms with van der Waals surface area (Å²) in [6.07, 6.45) is 3.46. The first kappa shape index (κ1) is 13.1. The average Bonchev–Trinajstić information content (AvgIpc) is 2.33. The molecule has 2 fully saturated rings.